The molecule has 3 aliphatic rings. The number of hydrogen-bond acceptors (Lipinski definition) is 3. The highest BCUT2D eigenvalue weighted by Gasteiger charge is 2.39. The van der Waals surface area contributed by atoms with Gasteiger partial charge in [0.2, 0.25) is 0 Å². The van der Waals surface area contributed by atoms with E-state index in [4.69, 9.17) is 0 Å². The lowest BCUT2D eigenvalue weighted by Crippen LogP contribution is -2.50. The normalized spacial score (nSPS) is 20.9. The van der Waals surface area contributed by atoms with Gasteiger partial charge in [0.15, 0.2) is 0 Å². The molecule has 0 N–H and O–H groups in total. The fraction of sp³-hybridized carbons (Fsp3) is 0.407. The van der Waals surface area contributed by atoms with Crippen LogP contribution in [0.4, 0.5) is 4.39 Å². The van der Waals surface area contributed by atoms with Gasteiger partial charge in [0, 0.05) is 36.4 Å². The lowest BCUT2D eigenvalue weighted by Gasteiger charge is -2.40. The fourth-order valence-electron chi connectivity index (χ4n) is 5.50. The molecule has 1 aliphatic carbocycles. The summed E-state index contributed by atoms with van der Waals surface area (Å²) in [6, 6.07) is 14.4. The van der Waals surface area contributed by atoms with Crippen LogP contribution in [0.25, 0.3) is 10.1 Å². The summed E-state index contributed by atoms with van der Waals surface area (Å²) in [5.74, 6) is 1.45. The van der Waals surface area contributed by atoms with Crippen molar-refractivity contribution in [3.8, 4) is 0 Å². The van der Waals surface area contributed by atoms with E-state index in [1.165, 1.54) is 17.4 Å². The van der Waals surface area contributed by atoms with Crippen molar-refractivity contribution in [3.63, 3.8) is 0 Å². The molecular weight excluding hydrogens is 435 g/mol. The van der Waals surface area contributed by atoms with Gasteiger partial charge in [0.1, 0.15) is 5.82 Å². The van der Waals surface area contributed by atoms with E-state index < -0.39 is 0 Å². The van der Waals surface area contributed by atoms with Gasteiger partial charge in [-0.1, -0.05) is 24.3 Å². The van der Waals surface area contributed by atoms with Crippen LogP contribution in [0.3, 0.4) is 0 Å². The van der Waals surface area contributed by atoms with Gasteiger partial charge in [0.25, 0.3) is 11.8 Å². The van der Waals surface area contributed by atoms with Crippen molar-refractivity contribution in [1.82, 2.24) is 9.80 Å². The third-order valence-electron chi connectivity index (χ3n) is 7.38. The molecule has 33 heavy (non-hydrogen) atoms. The number of carbonyl (C=O) groups excluding carboxylic acids is 2. The van der Waals surface area contributed by atoms with Crippen LogP contribution in [-0.2, 0) is 0 Å². The maximum Gasteiger partial charge on any atom is 0.264 e. The Balaban J connectivity index is 1.07. The molecule has 2 amide bonds. The van der Waals surface area contributed by atoms with Crippen molar-refractivity contribution >= 4 is 33.2 Å². The van der Waals surface area contributed by atoms with Crippen LogP contribution >= 0.6 is 11.3 Å². The molecule has 2 aromatic carbocycles. The maximum absolute atomic E-state index is 13.7. The Kier molecular flexibility index (Phi) is 5.21. The van der Waals surface area contributed by atoms with Crippen LogP contribution < -0.4 is 0 Å². The Hall–Kier alpha value is -2.73. The number of likely N-dealkylation sites (tertiary alicyclic amines) is 2. The van der Waals surface area contributed by atoms with E-state index in [1.807, 2.05) is 46.2 Å². The average molecular weight is 463 g/mol. The van der Waals surface area contributed by atoms with Crippen molar-refractivity contribution in [3.05, 3.63) is 70.4 Å². The summed E-state index contributed by atoms with van der Waals surface area (Å²) in [5.41, 5.74) is 1.91. The monoisotopic (exact) mass is 462 g/mol. The van der Waals surface area contributed by atoms with Crippen LogP contribution in [0.5, 0.6) is 0 Å². The number of carbonyl (C=O) groups is 2. The number of halogens is 1. The van der Waals surface area contributed by atoms with Crippen molar-refractivity contribution in [2.75, 3.05) is 26.2 Å². The van der Waals surface area contributed by atoms with E-state index in [0.29, 0.717) is 17.8 Å². The Morgan fingerprint density at radius 1 is 0.909 bits per heavy atom. The van der Waals surface area contributed by atoms with E-state index in [-0.39, 0.29) is 17.6 Å². The van der Waals surface area contributed by atoms with Crippen LogP contribution in [0.15, 0.2) is 48.5 Å². The van der Waals surface area contributed by atoms with Crippen molar-refractivity contribution in [1.29, 1.82) is 0 Å². The third kappa shape index (κ3) is 3.95. The molecule has 3 fully saturated rings. The summed E-state index contributed by atoms with van der Waals surface area (Å²) in [7, 11) is 0. The highest BCUT2D eigenvalue weighted by Crippen LogP contribution is 2.48. The average Bonchev–Trinajstić information content (AvgIpc) is 3.40. The lowest BCUT2D eigenvalue weighted by atomic mass is 9.88. The van der Waals surface area contributed by atoms with Gasteiger partial charge in [-0.05, 0) is 78.7 Å². The van der Waals surface area contributed by atoms with Crippen molar-refractivity contribution in [2.24, 2.45) is 11.8 Å². The zero-order valence-corrected chi connectivity index (χ0v) is 19.3. The zero-order valence-electron chi connectivity index (χ0n) is 18.5. The number of nitrogens with zero attached hydrogens (tertiary/aromatic N) is 2. The molecule has 0 radical (unpaired) electrons. The second kappa shape index (κ2) is 8.24. The van der Waals surface area contributed by atoms with E-state index in [0.717, 1.165) is 78.0 Å². The van der Waals surface area contributed by atoms with Crippen LogP contribution in [0, 0.1) is 17.7 Å². The van der Waals surface area contributed by atoms with Gasteiger partial charge >= 0.3 is 0 Å². The van der Waals surface area contributed by atoms with Gasteiger partial charge in [0.05, 0.1) is 4.88 Å². The van der Waals surface area contributed by atoms with Crippen molar-refractivity contribution < 1.29 is 14.0 Å². The molecule has 2 saturated heterocycles. The fourth-order valence-corrected chi connectivity index (χ4v) is 6.78. The molecule has 6 rings (SSSR count). The van der Waals surface area contributed by atoms with E-state index in [2.05, 4.69) is 0 Å². The van der Waals surface area contributed by atoms with Gasteiger partial charge in [-0.25, -0.2) is 4.39 Å². The minimum atomic E-state index is -0.245. The zero-order chi connectivity index (χ0) is 22.5. The van der Waals surface area contributed by atoms with Crippen LogP contribution in [0.1, 0.15) is 57.2 Å². The quantitative estimate of drug-likeness (QED) is 0.499. The summed E-state index contributed by atoms with van der Waals surface area (Å²) in [6.07, 6.45) is 4.34. The second-order valence-electron chi connectivity index (χ2n) is 9.84. The third-order valence-corrected chi connectivity index (χ3v) is 8.53. The summed E-state index contributed by atoms with van der Waals surface area (Å²) < 4.78 is 14.6. The van der Waals surface area contributed by atoms with Crippen molar-refractivity contribution in [2.45, 2.75) is 31.6 Å². The number of amides is 2. The van der Waals surface area contributed by atoms with Gasteiger partial charge in [-0.15, -0.1) is 11.3 Å². The number of rotatable bonds is 5. The molecule has 0 bridgehead atoms. The lowest BCUT2D eigenvalue weighted by molar-refractivity contribution is 0.0457. The topological polar surface area (TPSA) is 40.6 Å². The molecular formula is C27H27FN2O2S. The predicted molar refractivity (Wildman–Crippen MR) is 128 cm³/mol. The molecule has 0 spiro atoms. The van der Waals surface area contributed by atoms with Gasteiger partial charge < -0.3 is 9.80 Å². The standard InChI is InChI=1S/C27H27FN2O2S/c28-21-8-9-22-23(13-21)33-25(24(22)19-6-7-19)27(32)30-15-18(16-30)12-17-10-11-29(14-17)26(31)20-4-2-1-3-5-20/h1-5,8-9,13,17-19H,6-7,10-12,14-16H2/t17-/m1/s1. The maximum atomic E-state index is 13.7. The smallest absolute Gasteiger partial charge is 0.264 e. The molecule has 2 aliphatic heterocycles. The van der Waals surface area contributed by atoms with E-state index in [1.54, 1.807) is 6.07 Å². The number of thiophene rings is 1. The second-order valence-corrected chi connectivity index (χ2v) is 10.9. The first-order chi connectivity index (χ1) is 16.1. The summed E-state index contributed by atoms with van der Waals surface area (Å²) in [5, 5.41) is 1.05. The highest BCUT2D eigenvalue weighted by atomic mass is 32.1. The SMILES string of the molecule is O=C(c1ccccc1)N1CC[C@H](CC2CN(C(=O)c3sc4cc(F)ccc4c3C3CC3)C2)C1. The summed E-state index contributed by atoms with van der Waals surface area (Å²) >= 11 is 1.45. The Bertz CT molecular complexity index is 1210. The first kappa shape index (κ1) is 20.8. The molecule has 4 nitrogen and oxygen atoms in total. The Morgan fingerprint density at radius 3 is 2.42 bits per heavy atom. The molecule has 1 atom stereocenters. The van der Waals surface area contributed by atoms with E-state index >= 15 is 0 Å². The Labute approximate surface area is 197 Å². The minimum absolute atomic E-state index is 0.113. The number of hydrogen-bond donors (Lipinski definition) is 0. The largest absolute Gasteiger partial charge is 0.338 e. The number of benzene rings is 2. The van der Waals surface area contributed by atoms with Gasteiger partial charge in [-0.3, -0.25) is 9.59 Å². The van der Waals surface area contributed by atoms with Crippen LogP contribution in [0.2, 0.25) is 0 Å². The summed E-state index contributed by atoms with van der Waals surface area (Å²) in [4.78, 5) is 30.7. The van der Waals surface area contributed by atoms with Crippen LogP contribution in [-0.4, -0.2) is 47.8 Å². The first-order valence-electron chi connectivity index (χ1n) is 11.9. The minimum Gasteiger partial charge on any atom is -0.338 e. The molecule has 170 valence electrons. The highest BCUT2D eigenvalue weighted by molar-refractivity contribution is 7.21. The molecule has 0 unspecified atom stereocenters. The Morgan fingerprint density at radius 2 is 1.67 bits per heavy atom. The molecule has 1 aromatic heterocycles. The van der Waals surface area contributed by atoms with E-state index in [9.17, 15) is 14.0 Å². The molecule has 6 heteroatoms. The predicted octanol–water partition coefficient (Wildman–Crippen LogP) is 5.54. The molecule has 1 saturated carbocycles. The van der Waals surface area contributed by atoms with Gasteiger partial charge in [-0.2, -0.15) is 0 Å². The summed E-state index contributed by atoms with van der Waals surface area (Å²) in [6.45, 7) is 3.20. The number of fused-ring (bicyclic) bond motifs is 1. The first-order valence-corrected chi connectivity index (χ1v) is 12.7. The molecule has 3 heterocycles. The molecule has 3 aromatic rings.